The molecule has 9 nitrogen and oxygen atoms in total. The number of hydrazone groups is 1. The van der Waals surface area contributed by atoms with Crippen LogP contribution in [0.25, 0.3) is 0 Å². The second-order valence-corrected chi connectivity index (χ2v) is 11.2. The van der Waals surface area contributed by atoms with Crippen LogP contribution in [-0.4, -0.2) is 33.8 Å². The van der Waals surface area contributed by atoms with Crippen LogP contribution in [-0.2, 0) is 32.8 Å². The molecular formula is C34H26N4O5. The minimum absolute atomic E-state index is 0.0358. The number of hydrogen-bond donors (Lipinski definition) is 1. The number of nitro groups is 1. The average Bonchev–Trinajstić information content (AvgIpc) is 3.28. The van der Waals surface area contributed by atoms with E-state index in [0.29, 0.717) is 5.56 Å². The van der Waals surface area contributed by atoms with Crippen molar-refractivity contribution in [3.05, 3.63) is 147 Å². The molecule has 0 spiro atoms. The Hall–Kier alpha value is -5.44. The minimum atomic E-state index is -1.08. The Morgan fingerprint density at radius 3 is 2.07 bits per heavy atom. The zero-order valence-corrected chi connectivity index (χ0v) is 22.9. The minimum Gasteiger partial charge on any atom is -0.278 e. The molecular weight excluding hydrogens is 544 g/mol. The van der Waals surface area contributed by atoms with Crippen LogP contribution < -0.4 is 5.43 Å². The van der Waals surface area contributed by atoms with Gasteiger partial charge in [-0.3, -0.25) is 29.4 Å². The summed E-state index contributed by atoms with van der Waals surface area (Å²) in [6.07, 6.45) is 1.59. The highest BCUT2D eigenvalue weighted by Crippen LogP contribution is 2.63. The zero-order valence-electron chi connectivity index (χ0n) is 22.9. The van der Waals surface area contributed by atoms with Crippen molar-refractivity contribution in [3.8, 4) is 0 Å². The number of rotatable bonds is 7. The van der Waals surface area contributed by atoms with Crippen molar-refractivity contribution in [2.45, 2.75) is 24.3 Å². The highest BCUT2D eigenvalue weighted by Gasteiger charge is 2.67. The van der Waals surface area contributed by atoms with Crippen molar-refractivity contribution in [1.29, 1.82) is 0 Å². The molecule has 43 heavy (non-hydrogen) atoms. The predicted octanol–water partition coefficient (Wildman–Crippen LogP) is 4.49. The number of nitro benzene ring substituents is 1. The molecule has 9 heteroatoms. The highest BCUT2D eigenvalue weighted by atomic mass is 16.6. The molecule has 3 aliphatic carbocycles. The van der Waals surface area contributed by atoms with Crippen LogP contribution in [0.2, 0.25) is 0 Å². The Morgan fingerprint density at radius 1 is 0.837 bits per heavy atom. The van der Waals surface area contributed by atoms with Crippen LogP contribution in [0.5, 0.6) is 0 Å². The Balaban J connectivity index is 1.28. The number of carbonyl (C=O) groups is 3. The third-order valence-electron chi connectivity index (χ3n) is 8.93. The van der Waals surface area contributed by atoms with Crippen LogP contribution in [0.15, 0.2) is 108 Å². The standard InChI is InChI=1S/C34H26N4O5/c39-28(18-21-14-16-23(17-15-21)38(42)43)36-35-20-34-26-12-6-4-10-24(26)29(25-11-5-7-13-27(25)34)30-31(34)33(41)37(32(30)40)19-22-8-2-1-3-9-22/h1-17,20,29-31H,18-19H2,(H,36,39)/b35-20-/t29?,30-,31+,34?/m1/s1. The summed E-state index contributed by atoms with van der Waals surface area (Å²) in [6, 6.07) is 30.9. The number of amides is 3. The van der Waals surface area contributed by atoms with Gasteiger partial charge in [0, 0.05) is 24.3 Å². The second kappa shape index (κ2) is 10.1. The van der Waals surface area contributed by atoms with Gasteiger partial charge in [-0.1, -0.05) is 91.0 Å². The second-order valence-electron chi connectivity index (χ2n) is 11.2. The maximum atomic E-state index is 14.3. The first kappa shape index (κ1) is 26.5. The van der Waals surface area contributed by atoms with E-state index in [0.717, 1.165) is 27.8 Å². The number of nitrogens with zero attached hydrogens (tertiary/aromatic N) is 3. The number of likely N-dealkylation sites (tertiary alicyclic amines) is 1. The topological polar surface area (TPSA) is 122 Å². The third kappa shape index (κ3) is 4.07. The zero-order chi connectivity index (χ0) is 29.7. The molecule has 8 rings (SSSR count). The van der Waals surface area contributed by atoms with Gasteiger partial charge in [0.1, 0.15) is 0 Å². The molecule has 4 aromatic rings. The van der Waals surface area contributed by atoms with E-state index in [4.69, 9.17) is 0 Å². The van der Waals surface area contributed by atoms with Crippen molar-refractivity contribution in [2.24, 2.45) is 16.9 Å². The molecule has 1 fully saturated rings. The van der Waals surface area contributed by atoms with Crippen LogP contribution in [0.1, 0.15) is 39.3 Å². The van der Waals surface area contributed by atoms with Gasteiger partial charge in [-0.05, 0) is 33.4 Å². The fourth-order valence-electron chi connectivity index (χ4n) is 7.20. The first-order chi connectivity index (χ1) is 20.9. The Bertz CT molecular complexity index is 1770. The van der Waals surface area contributed by atoms with Crippen molar-refractivity contribution < 1.29 is 19.3 Å². The Kier molecular flexibility index (Phi) is 6.23. The van der Waals surface area contributed by atoms with E-state index < -0.39 is 28.1 Å². The maximum Gasteiger partial charge on any atom is 0.269 e. The van der Waals surface area contributed by atoms with Crippen LogP contribution in [0, 0.1) is 22.0 Å². The molecule has 0 unspecified atom stereocenters. The van der Waals surface area contributed by atoms with E-state index in [1.54, 1.807) is 6.21 Å². The summed E-state index contributed by atoms with van der Waals surface area (Å²) in [5.74, 6) is -2.48. The lowest BCUT2D eigenvalue weighted by molar-refractivity contribution is -0.384. The molecule has 1 heterocycles. The number of imide groups is 1. The molecule has 0 aromatic heterocycles. The molecule has 0 radical (unpaired) electrons. The summed E-state index contributed by atoms with van der Waals surface area (Å²) >= 11 is 0. The van der Waals surface area contributed by atoms with Gasteiger partial charge in [-0.15, -0.1) is 0 Å². The van der Waals surface area contributed by atoms with Crippen LogP contribution >= 0.6 is 0 Å². The predicted molar refractivity (Wildman–Crippen MR) is 158 cm³/mol. The van der Waals surface area contributed by atoms with Crippen molar-refractivity contribution in [2.75, 3.05) is 0 Å². The van der Waals surface area contributed by atoms with E-state index in [1.165, 1.54) is 29.2 Å². The molecule has 0 saturated carbocycles. The van der Waals surface area contributed by atoms with Gasteiger partial charge in [0.15, 0.2) is 0 Å². The monoisotopic (exact) mass is 570 g/mol. The average molecular weight is 571 g/mol. The van der Waals surface area contributed by atoms with E-state index in [2.05, 4.69) is 10.5 Å². The first-order valence-corrected chi connectivity index (χ1v) is 14.0. The fourth-order valence-corrected chi connectivity index (χ4v) is 7.20. The normalized spacial score (nSPS) is 23.2. The molecule has 4 aliphatic rings. The van der Waals surface area contributed by atoms with Gasteiger partial charge in [-0.2, -0.15) is 5.10 Å². The quantitative estimate of drug-likeness (QED) is 0.152. The maximum absolute atomic E-state index is 14.3. The van der Waals surface area contributed by atoms with E-state index in [9.17, 15) is 24.5 Å². The molecule has 4 aromatic carbocycles. The van der Waals surface area contributed by atoms with Crippen molar-refractivity contribution in [3.63, 3.8) is 0 Å². The largest absolute Gasteiger partial charge is 0.278 e. The van der Waals surface area contributed by atoms with Crippen LogP contribution in [0.3, 0.4) is 0 Å². The summed E-state index contributed by atoms with van der Waals surface area (Å²) in [7, 11) is 0. The summed E-state index contributed by atoms with van der Waals surface area (Å²) in [5, 5.41) is 15.4. The molecule has 2 bridgehead atoms. The van der Waals surface area contributed by atoms with Crippen molar-refractivity contribution in [1.82, 2.24) is 10.3 Å². The number of non-ortho nitro benzene ring substituents is 1. The molecule has 1 N–H and O–H groups in total. The number of benzene rings is 4. The van der Waals surface area contributed by atoms with E-state index in [1.807, 2.05) is 78.9 Å². The summed E-state index contributed by atoms with van der Waals surface area (Å²) in [5.41, 5.74) is 6.68. The van der Waals surface area contributed by atoms with Crippen LogP contribution in [0.4, 0.5) is 5.69 Å². The lowest BCUT2D eigenvalue weighted by atomic mass is 9.47. The molecule has 2 atom stereocenters. The number of hydrogen-bond acceptors (Lipinski definition) is 6. The van der Waals surface area contributed by atoms with Crippen molar-refractivity contribution >= 4 is 29.6 Å². The summed E-state index contributed by atoms with van der Waals surface area (Å²) in [4.78, 5) is 53.1. The molecule has 1 saturated heterocycles. The van der Waals surface area contributed by atoms with Gasteiger partial charge in [0.25, 0.3) is 5.69 Å². The smallest absolute Gasteiger partial charge is 0.269 e. The lowest BCUT2D eigenvalue weighted by Crippen LogP contribution is -2.54. The Labute approximate surface area is 247 Å². The summed E-state index contributed by atoms with van der Waals surface area (Å²) < 4.78 is 0. The highest BCUT2D eigenvalue weighted by molar-refractivity contribution is 6.11. The first-order valence-electron chi connectivity index (χ1n) is 14.0. The number of nitrogens with one attached hydrogen (secondary N) is 1. The fraction of sp³-hybridized carbons (Fsp3) is 0.176. The summed E-state index contributed by atoms with van der Waals surface area (Å²) in [6.45, 7) is 0.185. The molecule has 212 valence electrons. The SMILES string of the molecule is O=C(Cc1ccc([N+](=O)[O-])cc1)N/N=C\C12c3ccccc3C(c3ccccc31)[C@H]1C(=O)N(Cc3ccccc3)C(=O)[C@H]12. The van der Waals surface area contributed by atoms with Gasteiger partial charge in [0.2, 0.25) is 17.7 Å². The third-order valence-corrected chi connectivity index (χ3v) is 8.93. The van der Waals surface area contributed by atoms with Gasteiger partial charge in [-0.25, -0.2) is 5.43 Å². The molecule has 1 aliphatic heterocycles. The molecule has 3 amide bonds. The van der Waals surface area contributed by atoms with Gasteiger partial charge >= 0.3 is 0 Å². The number of carbonyl (C=O) groups excluding carboxylic acids is 3. The lowest BCUT2D eigenvalue weighted by Gasteiger charge is -2.52. The van der Waals surface area contributed by atoms with E-state index >= 15 is 0 Å². The van der Waals surface area contributed by atoms with Gasteiger partial charge in [0.05, 0.1) is 35.1 Å². The Morgan fingerprint density at radius 2 is 1.44 bits per heavy atom. The van der Waals surface area contributed by atoms with Gasteiger partial charge < -0.3 is 0 Å². The van der Waals surface area contributed by atoms with E-state index in [-0.39, 0.29) is 36.4 Å².